The minimum atomic E-state index is -0.0630. The van der Waals surface area contributed by atoms with E-state index in [1.54, 1.807) is 13.3 Å². The lowest BCUT2D eigenvalue weighted by Gasteiger charge is -2.29. The number of methoxy groups -OCH3 is 1. The van der Waals surface area contributed by atoms with Gasteiger partial charge in [0.2, 0.25) is 0 Å². The van der Waals surface area contributed by atoms with Crippen LogP contribution in [0.25, 0.3) is 22.2 Å². The van der Waals surface area contributed by atoms with Crippen molar-refractivity contribution in [3.8, 4) is 11.3 Å². The Hall–Kier alpha value is -2.77. The van der Waals surface area contributed by atoms with Crippen LogP contribution in [0.3, 0.4) is 0 Å². The lowest BCUT2D eigenvalue weighted by molar-refractivity contribution is -0.00408. The average Bonchev–Trinajstić information content (AvgIpc) is 3.24. The van der Waals surface area contributed by atoms with Crippen molar-refractivity contribution in [1.29, 1.82) is 0 Å². The van der Waals surface area contributed by atoms with E-state index in [2.05, 4.69) is 20.5 Å². The standard InChI is InChI=1S/C22H26N4O3/c1-28-11-12-29-18-6-4-17(5-7-18)25-22(27)19-14-16(20-3-2-9-24-26-20)13-15-8-10-23-21(15)19/h2-3,8-10,13-14,17-18,23H,4-7,11-12H2,1H3,(H,25,27). The number of ether oxygens (including phenoxy) is 2. The van der Waals surface area contributed by atoms with Crippen molar-refractivity contribution in [1.82, 2.24) is 20.5 Å². The molecule has 1 amide bonds. The molecular weight excluding hydrogens is 368 g/mol. The minimum absolute atomic E-state index is 0.0630. The summed E-state index contributed by atoms with van der Waals surface area (Å²) in [5, 5.41) is 12.3. The topological polar surface area (TPSA) is 89.1 Å². The first kappa shape index (κ1) is 19.5. The Kier molecular flexibility index (Phi) is 6.17. The van der Waals surface area contributed by atoms with Crippen molar-refractivity contribution in [2.75, 3.05) is 20.3 Å². The van der Waals surface area contributed by atoms with Gasteiger partial charge in [-0.05, 0) is 56.0 Å². The fraction of sp³-hybridized carbons (Fsp3) is 0.409. The predicted molar refractivity (Wildman–Crippen MR) is 111 cm³/mol. The van der Waals surface area contributed by atoms with Gasteiger partial charge in [-0.15, -0.1) is 0 Å². The Labute approximate surface area is 169 Å². The second kappa shape index (κ2) is 9.15. The summed E-state index contributed by atoms with van der Waals surface area (Å²) in [6, 6.07) is 9.78. The number of benzene rings is 1. The third-order valence-corrected chi connectivity index (χ3v) is 5.42. The number of rotatable bonds is 7. The molecule has 0 radical (unpaired) electrons. The molecule has 0 spiro atoms. The SMILES string of the molecule is COCCOC1CCC(NC(=O)c2cc(-c3cccnn3)cc3cc[nH]c23)CC1. The summed E-state index contributed by atoms with van der Waals surface area (Å²) in [5.74, 6) is -0.0630. The van der Waals surface area contributed by atoms with E-state index in [-0.39, 0.29) is 18.1 Å². The molecule has 3 aromatic rings. The third-order valence-electron chi connectivity index (χ3n) is 5.42. The first-order valence-corrected chi connectivity index (χ1v) is 10.0. The van der Waals surface area contributed by atoms with Crippen LogP contribution in [0.15, 0.2) is 42.7 Å². The van der Waals surface area contributed by atoms with E-state index in [0.29, 0.717) is 18.8 Å². The molecular formula is C22H26N4O3. The van der Waals surface area contributed by atoms with Crippen LogP contribution in [0.4, 0.5) is 0 Å². The Bertz CT molecular complexity index is 949. The quantitative estimate of drug-likeness (QED) is 0.600. The first-order valence-electron chi connectivity index (χ1n) is 10.0. The van der Waals surface area contributed by atoms with Gasteiger partial charge in [0.25, 0.3) is 5.91 Å². The van der Waals surface area contributed by atoms with Gasteiger partial charge in [0.1, 0.15) is 0 Å². The summed E-state index contributed by atoms with van der Waals surface area (Å²) in [6.45, 7) is 1.24. The monoisotopic (exact) mass is 394 g/mol. The Morgan fingerprint density at radius 1 is 1.21 bits per heavy atom. The van der Waals surface area contributed by atoms with Gasteiger partial charge in [-0.25, -0.2) is 0 Å². The van der Waals surface area contributed by atoms with Crippen LogP contribution in [0.5, 0.6) is 0 Å². The van der Waals surface area contributed by atoms with E-state index in [1.807, 2.05) is 36.5 Å². The summed E-state index contributed by atoms with van der Waals surface area (Å²) < 4.78 is 10.9. The first-order chi connectivity index (χ1) is 14.2. The van der Waals surface area contributed by atoms with Crippen molar-refractivity contribution in [3.05, 3.63) is 48.3 Å². The number of carbonyl (C=O) groups is 1. The van der Waals surface area contributed by atoms with Gasteiger partial charge < -0.3 is 19.8 Å². The molecule has 4 rings (SSSR count). The lowest BCUT2D eigenvalue weighted by atomic mass is 9.92. The molecule has 2 heterocycles. The molecule has 2 N–H and O–H groups in total. The molecule has 7 nitrogen and oxygen atoms in total. The smallest absolute Gasteiger partial charge is 0.253 e. The zero-order valence-corrected chi connectivity index (χ0v) is 16.6. The number of aromatic nitrogens is 3. The highest BCUT2D eigenvalue weighted by molar-refractivity contribution is 6.07. The molecule has 7 heteroatoms. The second-order valence-corrected chi connectivity index (χ2v) is 7.39. The fourth-order valence-corrected chi connectivity index (χ4v) is 3.89. The van der Waals surface area contributed by atoms with Gasteiger partial charge in [-0.3, -0.25) is 4.79 Å². The number of carbonyl (C=O) groups excluding carboxylic acids is 1. The Morgan fingerprint density at radius 2 is 2.07 bits per heavy atom. The van der Waals surface area contributed by atoms with Crippen LogP contribution in [0, 0.1) is 0 Å². The van der Waals surface area contributed by atoms with E-state index in [4.69, 9.17) is 9.47 Å². The maximum absolute atomic E-state index is 13.1. The molecule has 1 fully saturated rings. The van der Waals surface area contributed by atoms with Crippen LogP contribution in [0.2, 0.25) is 0 Å². The number of fused-ring (bicyclic) bond motifs is 1. The summed E-state index contributed by atoms with van der Waals surface area (Å²) in [4.78, 5) is 16.3. The molecule has 29 heavy (non-hydrogen) atoms. The number of hydrogen-bond donors (Lipinski definition) is 2. The van der Waals surface area contributed by atoms with Crippen LogP contribution in [-0.2, 0) is 9.47 Å². The molecule has 0 aliphatic heterocycles. The minimum Gasteiger partial charge on any atom is -0.382 e. The van der Waals surface area contributed by atoms with E-state index < -0.39 is 0 Å². The predicted octanol–water partition coefficient (Wildman–Crippen LogP) is 3.33. The molecule has 1 aliphatic carbocycles. The number of amides is 1. The summed E-state index contributed by atoms with van der Waals surface area (Å²) in [5.41, 5.74) is 3.10. The number of hydrogen-bond acceptors (Lipinski definition) is 5. The molecule has 1 aliphatic rings. The average molecular weight is 394 g/mol. The molecule has 0 saturated heterocycles. The third kappa shape index (κ3) is 4.63. The maximum Gasteiger partial charge on any atom is 0.253 e. The fourth-order valence-electron chi connectivity index (χ4n) is 3.89. The van der Waals surface area contributed by atoms with Crippen LogP contribution in [-0.4, -0.2) is 53.6 Å². The van der Waals surface area contributed by atoms with E-state index in [9.17, 15) is 4.79 Å². The summed E-state index contributed by atoms with van der Waals surface area (Å²) in [7, 11) is 1.68. The van der Waals surface area contributed by atoms with Crippen molar-refractivity contribution in [3.63, 3.8) is 0 Å². The van der Waals surface area contributed by atoms with E-state index in [1.165, 1.54) is 0 Å². The number of aromatic amines is 1. The van der Waals surface area contributed by atoms with Gasteiger partial charge in [0.15, 0.2) is 0 Å². The molecule has 152 valence electrons. The largest absolute Gasteiger partial charge is 0.382 e. The van der Waals surface area contributed by atoms with Crippen molar-refractivity contribution in [2.24, 2.45) is 0 Å². The van der Waals surface area contributed by atoms with Crippen molar-refractivity contribution in [2.45, 2.75) is 37.8 Å². The molecule has 2 aromatic heterocycles. The Morgan fingerprint density at radius 3 is 2.83 bits per heavy atom. The van der Waals surface area contributed by atoms with Crippen LogP contribution >= 0.6 is 0 Å². The second-order valence-electron chi connectivity index (χ2n) is 7.39. The highest BCUT2D eigenvalue weighted by atomic mass is 16.5. The van der Waals surface area contributed by atoms with Crippen LogP contribution in [0.1, 0.15) is 36.0 Å². The number of nitrogens with one attached hydrogen (secondary N) is 2. The normalized spacial score (nSPS) is 19.3. The van der Waals surface area contributed by atoms with E-state index in [0.717, 1.165) is 47.8 Å². The van der Waals surface area contributed by atoms with Crippen molar-refractivity contribution >= 4 is 16.8 Å². The van der Waals surface area contributed by atoms with Gasteiger partial charge in [0, 0.05) is 36.5 Å². The molecule has 0 unspecified atom stereocenters. The number of nitrogens with zero attached hydrogens (tertiary/aromatic N) is 2. The van der Waals surface area contributed by atoms with Gasteiger partial charge in [-0.2, -0.15) is 10.2 Å². The molecule has 0 atom stereocenters. The molecule has 0 bridgehead atoms. The number of H-pyrrole nitrogens is 1. The highest BCUT2D eigenvalue weighted by Crippen LogP contribution is 2.27. The zero-order chi connectivity index (χ0) is 20.1. The van der Waals surface area contributed by atoms with Gasteiger partial charge >= 0.3 is 0 Å². The molecule has 1 saturated carbocycles. The molecule has 1 aromatic carbocycles. The van der Waals surface area contributed by atoms with Crippen molar-refractivity contribution < 1.29 is 14.3 Å². The zero-order valence-electron chi connectivity index (χ0n) is 16.6. The summed E-state index contributed by atoms with van der Waals surface area (Å²) >= 11 is 0. The van der Waals surface area contributed by atoms with E-state index >= 15 is 0 Å². The lowest BCUT2D eigenvalue weighted by Crippen LogP contribution is -2.39. The van der Waals surface area contributed by atoms with Gasteiger partial charge in [0.05, 0.1) is 36.1 Å². The van der Waals surface area contributed by atoms with Gasteiger partial charge in [-0.1, -0.05) is 0 Å². The Balaban J connectivity index is 1.46. The summed E-state index contributed by atoms with van der Waals surface area (Å²) in [6.07, 6.45) is 7.49. The highest BCUT2D eigenvalue weighted by Gasteiger charge is 2.24. The maximum atomic E-state index is 13.1. The van der Waals surface area contributed by atoms with Crippen LogP contribution < -0.4 is 5.32 Å².